The summed E-state index contributed by atoms with van der Waals surface area (Å²) in [4.78, 5) is 4.06. The Hall–Kier alpha value is -0.693. The lowest BCUT2D eigenvalue weighted by Gasteiger charge is -2.24. The minimum absolute atomic E-state index is 0.744. The van der Waals surface area contributed by atoms with Gasteiger partial charge in [0.15, 0.2) is 0 Å². The average Bonchev–Trinajstić information content (AvgIpc) is 2.67. The predicted octanol–water partition coefficient (Wildman–Crippen LogP) is 1.07. The van der Waals surface area contributed by atoms with Gasteiger partial charge in [0.05, 0.1) is 6.33 Å². The van der Waals surface area contributed by atoms with E-state index in [2.05, 4.69) is 9.55 Å². The largest absolute Gasteiger partial charge is 0.501 e. The Kier molecular flexibility index (Phi) is 4.46. The molecule has 0 aliphatic carbocycles. The lowest BCUT2D eigenvalue weighted by molar-refractivity contribution is 0.122. The molecule has 0 bridgehead atoms. The third-order valence-corrected chi connectivity index (χ3v) is 5.21. The Morgan fingerprint density at radius 3 is 2.27 bits per heavy atom. The smallest absolute Gasteiger partial charge is 0.377 e. The van der Waals surface area contributed by atoms with Crippen molar-refractivity contribution in [1.82, 2.24) is 9.55 Å². The van der Waals surface area contributed by atoms with E-state index in [1.807, 2.05) is 13.1 Å². The molecular weight excluding hydrogens is 212 g/mol. The van der Waals surface area contributed by atoms with Gasteiger partial charge in [-0.05, 0) is 6.92 Å². The summed E-state index contributed by atoms with van der Waals surface area (Å²) >= 11 is 0. The van der Waals surface area contributed by atoms with Crippen molar-refractivity contribution in [2.24, 2.45) is 0 Å². The molecule has 1 rings (SSSR count). The maximum absolute atomic E-state index is 5.34. The van der Waals surface area contributed by atoms with Crippen LogP contribution in [0.15, 0.2) is 12.5 Å². The van der Waals surface area contributed by atoms with Crippen LogP contribution >= 0.6 is 0 Å². The molecule has 86 valence electrons. The zero-order valence-corrected chi connectivity index (χ0v) is 10.7. The SMILES string of the molecule is CO[Si](CCn1cncc1C)(OC)OC. The number of rotatable bonds is 6. The van der Waals surface area contributed by atoms with Gasteiger partial charge in [-0.15, -0.1) is 0 Å². The lowest BCUT2D eigenvalue weighted by atomic mass is 10.5. The van der Waals surface area contributed by atoms with E-state index in [4.69, 9.17) is 13.3 Å². The number of hydrogen-bond donors (Lipinski definition) is 0. The minimum Gasteiger partial charge on any atom is -0.377 e. The molecule has 0 fully saturated rings. The first-order valence-electron chi connectivity index (χ1n) is 4.79. The van der Waals surface area contributed by atoms with Crippen molar-refractivity contribution in [3.05, 3.63) is 18.2 Å². The molecule has 0 unspecified atom stereocenters. The minimum atomic E-state index is -2.45. The second-order valence-electron chi connectivity index (χ2n) is 3.27. The van der Waals surface area contributed by atoms with Crippen molar-refractivity contribution < 1.29 is 13.3 Å². The van der Waals surface area contributed by atoms with E-state index in [1.165, 1.54) is 0 Å². The third kappa shape index (κ3) is 2.88. The highest BCUT2D eigenvalue weighted by Crippen LogP contribution is 2.14. The molecule has 0 amide bonds. The molecule has 1 aromatic heterocycles. The molecule has 0 saturated heterocycles. The molecule has 5 nitrogen and oxygen atoms in total. The van der Waals surface area contributed by atoms with Crippen LogP contribution in [0.3, 0.4) is 0 Å². The standard InChI is InChI=1S/C9H18N2O3Si/c1-9-7-10-8-11(9)5-6-15(12-2,13-3)14-4/h7-8H,5-6H2,1-4H3. The zero-order chi connectivity index (χ0) is 11.3. The first-order chi connectivity index (χ1) is 7.17. The Morgan fingerprint density at radius 1 is 1.27 bits per heavy atom. The van der Waals surface area contributed by atoms with E-state index in [1.54, 1.807) is 27.7 Å². The first kappa shape index (κ1) is 12.4. The van der Waals surface area contributed by atoms with Crippen LogP contribution < -0.4 is 0 Å². The maximum Gasteiger partial charge on any atom is 0.501 e. The van der Waals surface area contributed by atoms with Gasteiger partial charge in [0.25, 0.3) is 0 Å². The van der Waals surface area contributed by atoms with Crippen LogP contribution in [0, 0.1) is 6.92 Å². The van der Waals surface area contributed by atoms with Gasteiger partial charge in [0.2, 0.25) is 0 Å². The molecule has 1 heterocycles. The first-order valence-corrected chi connectivity index (χ1v) is 6.73. The molecule has 0 aliphatic heterocycles. The molecule has 6 heteroatoms. The Labute approximate surface area is 91.4 Å². The highest BCUT2D eigenvalue weighted by Gasteiger charge is 2.37. The van der Waals surface area contributed by atoms with E-state index >= 15 is 0 Å². The van der Waals surface area contributed by atoms with E-state index in [0.29, 0.717) is 0 Å². The molecule has 0 radical (unpaired) electrons. The quantitative estimate of drug-likeness (QED) is 0.686. The molecule has 0 atom stereocenters. The highest BCUT2D eigenvalue weighted by molar-refractivity contribution is 6.60. The Morgan fingerprint density at radius 2 is 1.87 bits per heavy atom. The van der Waals surface area contributed by atoms with Gasteiger partial charge < -0.3 is 17.8 Å². The van der Waals surface area contributed by atoms with Crippen LogP contribution in [0.1, 0.15) is 5.69 Å². The van der Waals surface area contributed by atoms with E-state index in [0.717, 1.165) is 18.3 Å². The lowest BCUT2D eigenvalue weighted by Crippen LogP contribution is -2.43. The van der Waals surface area contributed by atoms with Crippen molar-refractivity contribution in [1.29, 1.82) is 0 Å². The molecule has 15 heavy (non-hydrogen) atoms. The number of aryl methyl sites for hydroxylation is 2. The van der Waals surface area contributed by atoms with E-state index in [9.17, 15) is 0 Å². The number of aromatic nitrogens is 2. The van der Waals surface area contributed by atoms with Crippen molar-refractivity contribution in [2.75, 3.05) is 21.3 Å². The Balaban J connectivity index is 2.58. The molecule has 0 saturated carbocycles. The van der Waals surface area contributed by atoms with Crippen LogP contribution in [0.2, 0.25) is 6.04 Å². The molecule has 0 N–H and O–H groups in total. The summed E-state index contributed by atoms with van der Waals surface area (Å²) in [5.74, 6) is 0. The van der Waals surface area contributed by atoms with Gasteiger partial charge in [-0.3, -0.25) is 0 Å². The second-order valence-corrected chi connectivity index (χ2v) is 6.36. The molecule has 0 aromatic carbocycles. The van der Waals surface area contributed by atoms with Crippen LogP contribution in [-0.2, 0) is 19.8 Å². The van der Waals surface area contributed by atoms with E-state index < -0.39 is 8.80 Å². The van der Waals surface area contributed by atoms with Gasteiger partial charge in [-0.1, -0.05) is 0 Å². The van der Waals surface area contributed by atoms with Crippen LogP contribution in [0.5, 0.6) is 0 Å². The number of hydrogen-bond acceptors (Lipinski definition) is 4. The predicted molar refractivity (Wildman–Crippen MR) is 58.6 cm³/mol. The molecule has 1 aromatic rings. The summed E-state index contributed by atoms with van der Waals surface area (Å²) in [6, 6.07) is 0.744. The number of nitrogens with zero attached hydrogens (tertiary/aromatic N) is 2. The Bertz CT molecular complexity index is 291. The van der Waals surface area contributed by atoms with E-state index in [-0.39, 0.29) is 0 Å². The van der Waals surface area contributed by atoms with Crippen molar-refractivity contribution in [2.45, 2.75) is 19.5 Å². The van der Waals surface area contributed by atoms with Gasteiger partial charge in [-0.25, -0.2) is 4.98 Å². The normalized spacial score (nSPS) is 12.0. The summed E-state index contributed by atoms with van der Waals surface area (Å²) < 4.78 is 18.1. The van der Waals surface area contributed by atoms with Gasteiger partial charge in [0.1, 0.15) is 0 Å². The topological polar surface area (TPSA) is 45.5 Å². The van der Waals surface area contributed by atoms with Crippen LogP contribution in [0.4, 0.5) is 0 Å². The highest BCUT2D eigenvalue weighted by atomic mass is 28.4. The summed E-state index contributed by atoms with van der Waals surface area (Å²) in [7, 11) is 2.43. The number of imidazole rings is 1. The molecule has 0 aliphatic rings. The fraction of sp³-hybridized carbons (Fsp3) is 0.667. The third-order valence-electron chi connectivity index (χ3n) is 2.51. The summed E-state index contributed by atoms with van der Waals surface area (Å²) in [5.41, 5.74) is 1.13. The van der Waals surface area contributed by atoms with Gasteiger partial charge in [0, 0.05) is 45.8 Å². The summed E-state index contributed by atoms with van der Waals surface area (Å²) in [6.45, 7) is 2.82. The summed E-state index contributed by atoms with van der Waals surface area (Å²) in [5, 5.41) is 0. The van der Waals surface area contributed by atoms with Crippen molar-refractivity contribution in [3.8, 4) is 0 Å². The van der Waals surface area contributed by atoms with Crippen LogP contribution in [0.25, 0.3) is 0 Å². The molecule has 0 spiro atoms. The van der Waals surface area contributed by atoms with Gasteiger partial charge >= 0.3 is 8.80 Å². The van der Waals surface area contributed by atoms with Crippen LogP contribution in [-0.4, -0.2) is 39.7 Å². The van der Waals surface area contributed by atoms with Gasteiger partial charge in [-0.2, -0.15) is 0 Å². The van der Waals surface area contributed by atoms with Crippen molar-refractivity contribution in [3.63, 3.8) is 0 Å². The average molecular weight is 230 g/mol. The summed E-state index contributed by atoms with van der Waals surface area (Å²) in [6.07, 6.45) is 3.63. The molecular formula is C9H18N2O3Si. The second kappa shape index (κ2) is 5.41. The monoisotopic (exact) mass is 230 g/mol. The fourth-order valence-electron chi connectivity index (χ4n) is 1.43. The van der Waals surface area contributed by atoms with Crippen molar-refractivity contribution >= 4 is 8.80 Å². The maximum atomic E-state index is 5.34. The zero-order valence-electron chi connectivity index (χ0n) is 9.69. The fourth-order valence-corrected chi connectivity index (χ4v) is 3.06.